The molecule has 0 aromatic heterocycles. The van der Waals surface area contributed by atoms with Crippen LogP contribution in [0.4, 0.5) is 0 Å². The zero-order chi connectivity index (χ0) is 13.0. The molecule has 0 aromatic carbocycles. The second-order valence-electron chi connectivity index (χ2n) is 6.63. The van der Waals surface area contributed by atoms with E-state index in [1.165, 1.54) is 64.8 Å². The number of nitrogens with one attached hydrogen (secondary N) is 1. The van der Waals surface area contributed by atoms with Crippen LogP contribution in [0.15, 0.2) is 0 Å². The van der Waals surface area contributed by atoms with Gasteiger partial charge in [0.2, 0.25) is 0 Å². The largest absolute Gasteiger partial charge is 0.316 e. The van der Waals surface area contributed by atoms with Crippen molar-refractivity contribution in [3.63, 3.8) is 0 Å². The van der Waals surface area contributed by atoms with Crippen LogP contribution in [0.25, 0.3) is 0 Å². The first kappa shape index (κ1) is 14.3. The molecular formula is C15H31N3. The van der Waals surface area contributed by atoms with Gasteiger partial charge in [-0.15, -0.1) is 0 Å². The third-order valence-corrected chi connectivity index (χ3v) is 5.08. The lowest BCUT2D eigenvalue weighted by molar-refractivity contribution is 0.0667. The van der Waals surface area contributed by atoms with Crippen LogP contribution in [-0.2, 0) is 0 Å². The molecule has 0 radical (unpaired) electrons. The monoisotopic (exact) mass is 253 g/mol. The molecule has 2 unspecified atom stereocenters. The fourth-order valence-corrected chi connectivity index (χ4v) is 3.65. The summed E-state index contributed by atoms with van der Waals surface area (Å²) in [7, 11) is 4.46. The Bertz CT molecular complexity index is 246. The molecule has 0 saturated carbocycles. The fourth-order valence-electron chi connectivity index (χ4n) is 3.65. The van der Waals surface area contributed by atoms with Crippen molar-refractivity contribution < 1.29 is 0 Å². The summed E-state index contributed by atoms with van der Waals surface area (Å²) in [6, 6.07) is 0.768. The summed E-state index contributed by atoms with van der Waals surface area (Å²) in [4.78, 5) is 5.13. The summed E-state index contributed by atoms with van der Waals surface area (Å²) in [5.41, 5.74) is 0.548. The Morgan fingerprint density at radius 1 is 1.33 bits per heavy atom. The van der Waals surface area contributed by atoms with E-state index in [1.54, 1.807) is 0 Å². The number of hydrogen-bond donors (Lipinski definition) is 1. The van der Waals surface area contributed by atoms with E-state index in [1.807, 2.05) is 0 Å². The Kier molecular flexibility index (Phi) is 5.05. The van der Waals surface area contributed by atoms with E-state index in [9.17, 15) is 0 Å². The molecule has 2 saturated heterocycles. The highest BCUT2D eigenvalue weighted by atomic mass is 15.2. The van der Waals surface area contributed by atoms with E-state index < -0.39 is 0 Å². The molecule has 2 atom stereocenters. The Morgan fingerprint density at radius 3 is 2.78 bits per heavy atom. The summed E-state index contributed by atoms with van der Waals surface area (Å²) >= 11 is 0. The van der Waals surface area contributed by atoms with Gasteiger partial charge in [0.05, 0.1) is 0 Å². The quantitative estimate of drug-likeness (QED) is 0.824. The number of hydrogen-bond acceptors (Lipinski definition) is 3. The highest BCUT2D eigenvalue weighted by molar-refractivity contribution is 4.89. The third kappa shape index (κ3) is 3.46. The van der Waals surface area contributed by atoms with E-state index in [2.05, 4.69) is 36.1 Å². The molecule has 106 valence electrons. The van der Waals surface area contributed by atoms with Crippen LogP contribution in [0.2, 0.25) is 0 Å². The zero-order valence-electron chi connectivity index (χ0n) is 12.5. The first-order valence-electron chi connectivity index (χ1n) is 7.75. The average Bonchev–Trinajstić information content (AvgIpc) is 2.40. The van der Waals surface area contributed by atoms with Crippen LogP contribution in [-0.4, -0.2) is 62.7 Å². The second-order valence-corrected chi connectivity index (χ2v) is 6.63. The number of rotatable bonds is 4. The van der Waals surface area contributed by atoms with E-state index in [0.717, 1.165) is 6.04 Å². The van der Waals surface area contributed by atoms with Gasteiger partial charge in [-0.2, -0.15) is 0 Å². The van der Waals surface area contributed by atoms with Gasteiger partial charge < -0.3 is 15.1 Å². The molecule has 3 nitrogen and oxygen atoms in total. The maximum absolute atomic E-state index is 3.61. The molecule has 2 fully saturated rings. The Hall–Kier alpha value is -0.120. The van der Waals surface area contributed by atoms with Crippen molar-refractivity contribution in [2.24, 2.45) is 5.41 Å². The molecule has 0 aromatic rings. The summed E-state index contributed by atoms with van der Waals surface area (Å²) in [5, 5.41) is 3.61. The lowest BCUT2D eigenvalue weighted by atomic mass is 9.77. The third-order valence-electron chi connectivity index (χ3n) is 5.08. The summed E-state index contributed by atoms with van der Waals surface area (Å²) in [6.07, 6.45) is 6.85. The molecule has 0 spiro atoms. The van der Waals surface area contributed by atoms with Gasteiger partial charge in [0.15, 0.2) is 0 Å². The maximum atomic E-state index is 3.61. The molecule has 2 aliphatic rings. The molecule has 2 rings (SSSR count). The Morgan fingerprint density at radius 2 is 2.17 bits per heavy atom. The molecular weight excluding hydrogens is 222 g/mol. The van der Waals surface area contributed by atoms with Gasteiger partial charge in [-0.3, -0.25) is 0 Å². The van der Waals surface area contributed by atoms with E-state index in [-0.39, 0.29) is 0 Å². The smallest absolute Gasteiger partial charge is 0.0217 e. The van der Waals surface area contributed by atoms with Crippen LogP contribution in [0, 0.1) is 5.41 Å². The van der Waals surface area contributed by atoms with E-state index in [0.29, 0.717) is 5.41 Å². The number of nitrogens with zero attached hydrogens (tertiary/aromatic N) is 2. The molecule has 0 aliphatic carbocycles. The van der Waals surface area contributed by atoms with Gasteiger partial charge in [-0.25, -0.2) is 0 Å². The zero-order valence-corrected chi connectivity index (χ0v) is 12.5. The van der Waals surface area contributed by atoms with Crippen LogP contribution >= 0.6 is 0 Å². The van der Waals surface area contributed by atoms with Gasteiger partial charge in [0.25, 0.3) is 0 Å². The number of likely N-dealkylation sites (tertiary alicyclic amines) is 1. The minimum atomic E-state index is 0.548. The fraction of sp³-hybridized carbons (Fsp3) is 1.00. The summed E-state index contributed by atoms with van der Waals surface area (Å²) in [6.45, 7) is 8.72. The van der Waals surface area contributed by atoms with Gasteiger partial charge in [-0.1, -0.05) is 6.92 Å². The number of piperidine rings is 2. The van der Waals surface area contributed by atoms with Crippen molar-refractivity contribution in [2.75, 3.05) is 46.8 Å². The normalized spacial score (nSPS) is 35.0. The van der Waals surface area contributed by atoms with Crippen molar-refractivity contribution >= 4 is 0 Å². The van der Waals surface area contributed by atoms with E-state index >= 15 is 0 Å². The maximum Gasteiger partial charge on any atom is 0.0217 e. The van der Waals surface area contributed by atoms with Crippen LogP contribution in [0.3, 0.4) is 0 Å². The predicted octanol–water partition coefficient (Wildman–Crippen LogP) is 1.79. The lowest BCUT2D eigenvalue weighted by Gasteiger charge is -2.44. The van der Waals surface area contributed by atoms with Crippen LogP contribution in [0.5, 0.6) is 0 Å². The van der Waals surface area contributed by atoms with Crippen LogP contribution in [0.1, 0.15) is 39.0 Å². The van der Waals surface area contributed by atoms with Crippen molar-refractivity contribution in [3.05, 3.63) is 0 Å². The highest BCUT2D eigenvalue weighted by Crippen LogP contribution is 2.32. The Labute approximate surface area is 113 Å². The van der Waals surface area contributed by atoms with Crippen molar-refractivity contribution in [2.45, 2.75) is 45.1 Å². The topological polar surface area (TPSA) is 18.5 Å². The van der Waals surface area contributed by atoms with Gasteiger partial charge in [0.1, 0.15) is 0 Å². The average molecular weight is 253 g/mol. The van der Waals surface area contributed by atoms with Gasteiger partial charge >= 0.3 is 0 Å². The molecule has 2 aliphatic heterocycles. The van der Waals surface area contributed by atoms with Gasteiger partial charge in [-0.05, 0) is 64.7 Å². The SMILES string of the molecule is CCC1(CN2CCCC(N(C)C)C2)CCCNC1. The summed E-state index contributed by atoms with van der Waals surface area (Å²) < 4.78 is 0. The lowest BCUT2D eigenvalue weighted by Crippen LogP contribution is -2.52. The highest BCUT2D eigenvalue weighted by Gasteiger charge is 2.33. The predicted molar refractivity (Wildman–Crippen MR) is 78.0 cm³/mol. The van der Waals surface area contributed by atoms with Crippen LogP contribution < -0.4 is 5.32 Å². The Balaban J connectivity index is 1.90. The summed E-state index contributed by atoms with van der Waals surface area (Å²) in [5.74, 6) is 0. The molecule has 0 bridgehead atoms. The standard InChI is InChI=1S/C15H31N3/c1-4-15(8-6-9-16-12-15)13-18-10-5-7-14(11-18)17(2)3/h14,16H,4-13H2,1-3H3. The first-order valence-corrected chi connectivity index (χ1v) is 7.75. The molecule has 18 heavy (non-hydrogen) atoms. The molecule has 3 heteroatoms. The second kappa shape index (κ2) is 6.36. The van der Waals surface area contributed by atoms with Crippen molar-refractivity contribution in [3.8, 4) is 0 Å². The molecule has 2 heterocycles. The molecule has 1 N–H and O–H groups in total. The first-order chi connectivity index (χ1) is 8.65. The number of likely N-dealkylation sites (N-methyl/N-ethyl adjacent to an activating group) is 1. The molecule has 0 amide bonds. The van der Waals surface area contributed by atoms with Crippen molar-refractivity contribution in [1.82, 2.24) is 15.1 Å². The van der Waals surface area contributed by atoms with E-state index in [4.69, 9.17) is 0 Å². The van der Waals surface area contributed by atoms with Crippen molar-refractivity contribution in [1.29, 1.82) is 0 Å². The minimum absolute atomic E-state index is 0.548. The van der Waals surface area contributed by atoms with Gasteiger partial charge in [0, 0.05) is 25.7 Å². The minimum Gasteiger partial charge on any atom is -0.316 e.